The van der Waals surface area contributed by atoms with Crippen LogP contribution >= 0.6 is 24.0 Å². The second kappa shape index (κ2) is 5.04. The summed E-state index contributed by atoms with van der Waals surface area (Å²) in [6, 6.07) is 0. The number of thioether (sulfide) groups is 1. The Bertz CT molecular complexity index is 163. The first-order valence-electron chi connectivity index (χ1n) is 4.34. The summed E-state index contributed by atoms with van der Waals surface area (Å²) in [6.45, 7) is 5.96. The number of thiocarbonyl (C=S) groups is 1. The van der Waals surface area contributed by atoms with Crippen molar-refractivity contribution in [2.75, 3.05) is 18.9 Å². The Labute approximate surface area is 83.6 Å². The molecule has 0 spiro atoms. The molecule has 1 unspecified atom stereocenters. The molecule has 1 atom stereocenters. The van der Waals surface area contributed by atoms with Crippen LogP contribution in [0.1, 0.15) is 20.3 Å². The van der Waals surface area contributed by atoms with Gasteiger partial charge in [-0.2, -0.15) is 0 Å². The third-order valence-corrected chi connectivity index (χ3v) is 3.30. The van der Waals surface area contributed by atoms with Crippen LogP contribution in [-0.2, 0) is 4.74 Å². The summed E-state index contributed by atoms with van der Waals surface area (Å²) in [5.41, 5.74) is 0. The molecule has 1 aliphatic rings. The fraction of sp³-hybridized carbons (Fsp3) is 0.875. The highest BCUT2D eigenvalue weighted by molar-refractivity contribution is 8.23. The first-order valence-corrected chi connectivity index (χ1v) is 5.74. The van der Waals surface area contributed by atoms with Crippen LogP contribution in [0.2, 0.25) is 0 Å². The van der Waals surface area contributed by atoms with Gasteiger partial charge in [0.15, 0.2) is 0 Å². The second-order valence-corrected chi connectivity index (χ2v) is 4.35. The predicted molar refractivity (Wildman–Crippen MR) is 57.5 cm³/mol. The molecule has 0 aromatic carbocycles. The highest BCUT2D eigenvalue weighted by Gasteiger charge is 2.24. The number of hydrogen-bond donors (Lipinski definition) is 0. The van der Waals surface area contributed by atoms with E-state index >= 15 is 0 Å². The molecule has 1 rings (SSSR count). The van der Waals surface area contributed by atoms with E-state index in [9.17, 15) is 0 Å². The van der Waals surface area contributed by atoms with Crippen LogP contribution < -0.4 is 0 Å². The van der Waals surface area contributed by atoms with Gasteiger partial charge in [0.05, 0.1) is 0 Å². The standard InChI is InChI=1S/C8H15NOS2/c1-3-7(10-4-2)9-5-6-12-8(9)11/h7H,3-6H2,1-2H3. The molecule has 1 aliphatic heterocycles. The molecular formula is C8H15NOS2. The quantitative estimate of drug-likeness (QED) is 0.651. The molecule has 12 heavy (non-hydrogen) atoms. The van der Waals surface area contributed by atoms with E-state index in [0.717, 1.165) is 29.6 Å². The maximum absolute atomic E-state index is 5.57. The molecule has 0 aromatic heterocycles. The monoisotopic (exact) mass is 205 g/mol. The van der Waals surface area contributed by atoms with Crippen molar-refractivity contribution < 1.29 is 4.74 Å². The second-order valence-electron chi connectivity index (χ2n) is 2.63. The Balaban J connectivity index is 2.46. The maximum atomic E-state index is 5.57. The number of rotatable bonds is 4. The number of nitrogens with zero attached hydrogens (tertiary/aromatic N) is 1. The van der Waals surface area contributed by atoms with Crippen molar-refractivity contribution in [1.82, 2.24) is 4.90 Å². The third kappa shape index (κ3) is 2.34. The summed E-state index contributed by atoms with van der Waals surface area (Å²) in [4.78, 5) is 2.18. The molecule has 0 aliphatic carbocycles. The molecule has 0 aromatic rings. The number of hydrogen-bond acceptors (Lipinski definition) is 3. The lowest BCUT2D eigenvalue weighted by Gasteiger charge is -2.27. The zero-order chi connectivity index (χ0) is 8.97. The SMILES string of the molecule is CCOC(CC)N1CCSC1=S. The van der Waals surface area contributed by atoms with Gasteiger partial charge < -0.3 is 9.64 Å². The van der Waals surface area contributed by atoms with E-state index in [2.05, 4.69) is 11.8 Å². The lowest BCUT2D eigenvalue weighted by molar-refractivity contribution is -0.0159. The van der Waals surface area contributed by atoms with Gasteiger partial charge in [0.1, 0.15) is 10.5 Å². The van der Waals surface area contributed by atoms with Gasteiger partial charge in [-0.1, -0.05) is 30.9 Å². The van der Waals surface area contributed by atoms with Gasteiger partial charge in [-0.05, 0) is 13.3 Å². The molecule has 1 heterocycles. The van der Waals surface area contributed by atoms with Crippen LogP contribution in [0.4, 0.5) is 0 Å². The third-order valence-electron chi connectivity index (χ3n) is 1.85. The Morgan fingerprint density at radius 3 is 2.83 bits per heavy atom. The Kier molecular flexibility index (Phi) is 4.32. The molecule has 0 saturated carbocycles. The smallest absolute Gasteiger partial charge is 0.138 e. The molecule has 1 saturated heterocycles. The molecule has 0 N–H and O–H groups in total. The van der Waals surface area contributed by atoms with Crippen molar-refractivity contribution in [3.05, 3.63) is 0 Å². The summed E-state index contributed by atoms with van der Waals surface area (Å²) in [6.07, 6.45) is 1.21. The zero-order valence-corrected chi connectivity index (χ0v) is 9.21. The van der Waals surface area contributed by atoms with Gasteiger partial charge >= 0.3 is 0 Å². The summed E-state index contributed by atoms with van der Waals surface area (Å²) in [7, 11) is 0. The van der Waals surface area contributed by atoms with Crippen LogP contribution in [0.25, 0.3) is 0 Å². The largest absolute Gasteiger partial charge is 0.359 e. The first kappa shape index (κ1) is 10.3. The van der Waals surface area contributed by atoms with Crippen molar-refractivity contribution >= 4 is 28.3 Å². The van der Waals surface area contributed by atoms with Crippen molar-refractivity contribution in [2.45, 2.75) is 26.5 Å². The lowest BCUT2D eigenvalue weighted by atomic mass is 10.4. The minimum atomic E-state index is 0.206. The molecular weight excluding hydrogens is 190 g/mol. The van der Waals surface area contributed by atoms with E-state index in [1.165, 1.54) is 0 Å². The summed E-state index contributed by atoms with van der Waals surface area (Å²) in [5, 5.41) is 0. The molecule has 0 radical (unpaired) electrons. The average molecular weight is 205 g/mol. The van der Waals surface area contributed by atoms with Gasteiger partial charge in [0, 0.05) is 18.9 Å². The predicted octanol–water partition coefficient (Wildman–Crippen LogP) is 2.09. The molecule has 0 amide bonds. The first-order chi connectivity index (χ1) is 5.79. The van der Waals surface area contributed by atoms with Crippen molar-refractivity contribution in [3.8, 4) is 0 Å². The van der Waals surface area contributed by atoms with Gasteiger partial charge in [-0.25, -0.2) is 0 Å². The summed E-state index contributed by atoms with van der Waals surface area (Å²) >= 11 is 6.96. The van der Waals surface area contributed by atoms with Crippen LogP contribution in [0.15, 0.2) is 0 Å². The van der Waals surface area contributed by atoms with Crippen LogP contribution in [0.5, 0.6) is 0 Å². The van der Waals surface area contributed by atoms with E-state index in [-0.39, 0.29) is 6.23 Å². The van der Waals surface area contributed by atoms with Crippen molar-refractivity contribution in [1.29, 1.82) is 0 Å². The van der Waals surface area contributed by atoms with E-state index in [0.29, 0.717) is 0 Å². The summed E-state index contributed by atoms with van der Waals surface area (Å²) < 4.78 is 6.57. The van der Waals surface area contributed by atoms with E-state index < -0.39 is 0 Å². The van der Waals surface area contributed by atoms with E-state index in [4.69, 9.17) is 17.0 Å². The Hall–Kier alpha value is 0.200. The summed E-state index contributed by atoms with van der Waals surface area (Å²) in [5.74, 6) is 1.11. The fourth-order valence-corrected chi connectivity index (χ4v) is 2.58. The molecule has 2 nitrogen and oxygen atoms in total. The number of ether oxygens (including phenoxy) is 1. The Morgan fingerprint density at radius 1 is 1.67 bits per heavy atom. The zero-order valence-electron chi connectivity index (χ0n) is 7.58. The highest BCUT2D eigenvalue weighted by atomic mass is 32.2. The van der Waals surface area contributed by atoms with Crippen LogP contribution in [0, 0.1) is 0 Å². The van der Waals surface area contributed by atoms with E-state index in [1.54, 1.807) is 11.8 Å². The Morgan fingerprint density at radius 2 is 2.42 bits per heavy atom. The molecule has 0 bridgehead atoms. The van der Waals surface area contributed by atoms with Crippen LogP contribution in [-0.4, -0.2) is 34.4 Å². The lowest BCUT2D eigenvalue weighted by Crippen LogP contribution is -2.36. The van der Waals surface area contributed by atoms with Crippen LogP contribution in [0.3, 0.4) is 0 Å². The minimum Gasteiger partial charge on any atom is -0.359 e. The molecule has 1 fully saturated rings. The normalized spacial score (nSPS) is 20.2. The van der Waals surface area contributed by atoms with Crippen molar-refractivity contribution in [2.24, 2.45) is 0 Å². The minimum absolute atomic E-state index is 0.206. The van der Waals surface area contributed by atoms with E-state index in [1.807, 2.05) is 6.92 Å². The van der Waals surface area contributed by atoms with Gasteiger partial charge in [0.2, 0.25) is 0 Å². The molecule has 4 heteroatoms. The average Bonchev–Trinajstić information content (AvgIpc) is 2.47. The van der Waals surface area contributed by atoms with Gasteiger partial charge in [-0.15, -0.1) is 0 Å². The fourth-order valence-electron chi connectivity index (χ4n) is 1.29. The van der Waals surface area contributed by atoms with Gasteiger partial charge in [0.25, 0.3) is 0 Å². The topological polar surface area (TPSA) is 12.5 Å². The molecule has 70 valence electrons. The highest BCUT2D eigenvalue weighted by Crippen LogP contribution is 2.22. The van der Waals surface area contributed by atoms with Gasteiger partial charge in [-0.3, -0.25) is 0 Å². The maximum Gasteiger partial charge on any atom is 0.138 e. The van der Waals surface area contributed by atoms with Crippen molar-refractivity contribution in [3.63, 3.8) is 0 Å².